The molecule has 0 radical (unpaired) electrons. The van der Waals surface area contributed by atoms with Gasteiger partial charge in [0.15, 0.2) is 0 Å². The molecular weight excluding hydrogens is 124 g/mol. The molecule has 1 N–H and O–H groups in total. The molecule has 10 heavy (non-hydrogen) atoms. The first kappa shape index (κ1) is 8.06. The second-order valence-corrected chi connectivity index (χ2v) is 4.34. The van der Waals surface area contributed by atoms with Crippen molar-refractivity contribution in [2.75, 3.05) is 0 Å². The number of rotatable bonds is 2. The predicted molar refractivity (Wildman–Crippen MR) is 42.8 cm³/mol. The molecule has 1 heteroatoms. The third-order valence-electron chi connectivity index (χ3n) is 2.25. The Balaban J connectivity index is 2.27. The van der Waals surface area contributed by atoms with Crippen LogP contribution in [0.5, 0.6) is 0 Å². The summed E-state index contributed by atoms with van der Waals surface area (Å²) in [5, 5.41) is 9.75. The highest BCUT2D eigenvalue weighted by Gasteiger charge is 2.39. The van der Waals surface area contributed by atoms with Crippen LogP contribution in [-0.4, -0.2) is 10.7 Å². The fourth-order valence-corrected chi connectivity index (χ4v) is 2.16. The Morgan fingerprint density at radius 1 is 1.50 bits per heavy atom. The van der Waals surface area contributed by atoms with Gasteiger partial charge in [-0.3, -0.25) is 0 Å². The molecule has 0 aromatic rings. The predicted octanol–water partition coefficient (Wildman–Crippen LogP) is 2.19. The van der Waals surface area contributed by atoms with Crippen molar-refractivity contribution in [2.45, 2.75) is 45.6 Å². The number of aliphatic hydroxyl groups is 1. The molecule has 0 unspecified atom stereocenters. The van der Waals surface area contributed by atoms with E-state index < -0.39 is 0 Å². The van der Waals surface area contributed by atoms with Crippen molar-refractivity contribution in [3.8, 4) is 0 Å². The first-order valence-electron chi connectivity index (χ1n) is 4.24. The molecule has 1 aliphatic rings. The molecule has 0 amide bonds. The molecule has 1 nitrogen and oxygen atoms in total. The first-order valence-corrected chi connectivity index (χ1v) is 4.24. The van der Waals surface area contributed by atoms with Gasteiger partial charge >= 0.3 is 0 Å². The Labute approximate surface area is 63.4 Å². The highest BCUT2D eigenvalue weighted by Crippen LogP contribution is 2.41. The molecular formula is C9H18O. The van der Waals surface area contributed by atoms with Crippen molar-refractivity contribution in [1.82, 2.24) is 0 Å². The van der Waals surface area contributed by atoms with E-state index in [0.717, 1.165) is 25.2 Å². The summed E-state index contributed by atoms with van der Waals surface area (Å²) in [4.78, 5) is 0. The average molecular weight is 142 g/mol. The van der Waals surface area contributed by atoms with Crippen LogP contribution in [0.4, 0.5) is 0 Å². The summed E-state index contributed by atoms with van der Waals surface area (Å²) in [5.74, 6) is 1.39. The minimum absolute atomic E-state index is 0.284. The molecule has 0 aromatic heterocycles. The monoisotopic (exact) mass is 142 g/mol. The van der Waals surface area contributed by atoms with Crippen LogP contribution < -0.4 is 0 Å². The zero-order valence-electron chi connectivity index (χ0n) is 7.22. The molecule has 0 atom stereocenters. The lowest BCUT2D eigenvalue weighted by atomic mass is 9.68. The van der Waals surface area contributed by atoms with E-state index in [-0.39, 0.29) is 5.60 Å². The molecule has 0 spiro atoms. The Hall–Kier alpha value is -0.0400. The van der Waals surface area contributed by atoms with Crippen LogP contribution >= 0.6 is 0 Å². The number of hydrogen-bond acceptors (Lipinski definition) is 1. The SMILES string of the molecule is CC(C)CC1(O)CC(C)C1. The van der Waals surface area contributed by atoms with Crippen LogP contribution in [0.2, 0.25) is 0 Å². The molecule has 0 saturated heterocycles. The van der Waals surface area contributed by atoms with Crippen LogP contribution in [0.25, 0.3) is 0 Å². The number of hydrogen-bond donors (Lipinski definition) is 1. The van der Waals surface area contributed by atoms with Crippen LogP contribution in [0, 0.1) is 11.8 Å². The van der Waals surface area contributed by atoms with Crippen molar-refractivity contribution in [2.24, 2.45) is 11.8 Å². The Morgan fingerprint density at radius 2 is 2.00 bits per heavy atom. The van der Waals surface area contributed by atoms with E-state index in [1.54, 1.807) is 0 Å². The van der Waals surface area contributed by atoms with Gasteiger partial charge in [-0.25, -0.2) is 0 Å². The van der Waals surface area contributed by atoms with Gasteiger partial charge in [0.2, 0.25) is 0 Å². The van der Waals surface area contributed by atoms with E-state index in [1.165, 1.54) is 0 Å². The molecule has 60 valence electrons. The summed E-state index contributed by atoms with van der Waals surface area (Å²) < 4.78 is 0. The zero-order chi connectivity index (χ0) is 7.78. The topological polar surface area (TPSA) is 20.2 Å². The maximum Gasteiger partial charge on any atom is 0.0655 e. The lowest BCUT2D eigenvalue weighted by molar-refractivity contribution is -0.0815. The van der Waals surface area contributed by atoms with E-state index in [0.29, 0.717) is 5.92 Å². The third-order valence-corrected chi connectivity index (χ3v) is 2.25. The van der Waals surface area contributed by atoms with Gasteiger partial charge in [-0.15, -0.1) is 0 Å². The Kier molecular flexibility index (Phi) is 2.04. The molecule has 1 aliphatic carbocycles. The fraction of sp³-hybridized carbons (Fsp3) is 1.00. The van der Waals surface area contributed by atoms with Gasteiger partial charge in [-0.1, -0.05) is 20.8 Å². The van der Waals surface area contributed by atoms with Crippen LogP contribution in [0.15, 0.2) is 0 Å². The molecule has 0 aliphatic heterocycles. The van der Waals surface area contributed by atoms with Crippen LogP contribution in [0.3, 0.4) is 0 Å². The minimum Gasteiger partial charge on any atom is -0.390 e. The van der Waals surface area contributed by atoms with Gasteiger partial charge in [-0.05, 0) is 31.1 Å². The van der Waals surface area contributed by atoms with Crippen molar-refractivity contribution in [1.29, 1.82) is 0 Å². The minimum atomic E-state index is -0.284. The van der Waals surface area contributed by atoms with E-state index in [2.05, 4.69) is 20.8 Å². The summed E-state index contributed by atoms with van der Waals surface area (Å²) in [5.41, 5.74) is -0.284. The molecule has 0 bridgehead atoms. The Bertz CT molecular complexity index is 112. The molecule has 0 aromatic carbocycles. The summed E-state index contributed by atoms with van der Waals surface area (Å²) >= 11 is 0. The largest absolute Gasteiger partial charge is 0.390 e. The fourth-order valence-electron chi connectivity index (χ4n) is 2.16. The maximum absolute atomic E-state index is 9.75. The second kappa shape index (κ2) is 2.54. The normalized spacial score (nSPS) is 39.9. The van der Waals surface area contributed by atoms with Gasteiger partial charge in [0, 0.05) is 0 Å². The van der Waals surface area contributed by atoms with E-state index in [4.69, 9.17) is 0 Å². The summed E-state index contributed by atoms with van der Waals surface area (Å²) in [6, 6.07) is 0. The molecule has 0 heterocycles. The first-order chi connectivity index (χ1) is 4.52. The van der Waals surface area contributed by atoms with Gasteiger partial charge < -0.3 is 5.11 Å². The van der Waals surface area contributed by atoms with Crippen molar-refractivity contribution >= 4 is 0 Å². The van der Waals surface area contributed by atoms with Crippen molar-refractivity contribution in [3.63, 3.8) is 0 Å². The molecule has 1 fully saturated rings. The molecule has 1 saturated carbocycles. The van der Waals surface area contributed by atoms with E-state index >= 15 is 0 Å². The summed E-state index contributed by atoms with van der Waals surface area (Å²) in [6.45, 7) is 6.54. The van der Waals surface area contributed by atoms with Crippen LogP contribution in [0.1, 0.15) is 40.0 Å². The summed E-state index contributed by atoms with van der Waals surface area (Å²) in [7, 11) is 0. The average Bonchev–Trinajstić information content (AvgIpc) is 1.57. The zero-order valence-corrected chi connectivity index (χ0v) is 7.22. The van der Waals surface area contributed by atoms with Gasteiger partial charge in [0.1, 0.15) is 0 Å². The highest BCUT2D eigenvalue weighted by atomic mass is 16.3. The molecule has 1 rings (SSSR count). The quantitative estimate of drug-likeness (QED) is 0.626. The standard InChI is InChI=1S/C9H18O/c1-7(2)4-9(10)5-8(3)6-9/h7-8,10H,4-6H2,1-3H3. The lowest BCUT2D eigenvalue weighted by Gasteiger charge is -2.43. The maximum atomic E-state index is 9.75. The highest BCUT2D eigenvalue weighted by molar-refractivity contribution is 4.92. The van der Waals surface area contributed by atoms with E-state index in [1.807, 2.05) is 0 Å². The second-order valence-electron chi connectivity index (χ2n) is 4.34. The van der Waals surface area contributed by atoms with E-state index in [9.17, 15) is 5.11 Å². The van der Waals surface area contributed by atoms with Crippen molar-refractivity contribution in [3.05, 3.63) is 0 Å². The summed E-state index contributed by atoms with van der Waals surface area (Å²) in [6.07, 6.45) is 3.02. The van der Waals surface area contributed by atoms with Crippen molar-refractivity contribution < 1.29 is 5.11 Å². The van der Waals surface area contributed by atoms with Gasteiger partial charge in [0.25, 0.3) is 0 Å². The Morgan fingerprint density at radius 3 is 2.30 bits per heavy atom. The third kappa shape index (κ3) is 1.72. The van der Waals surface area contributed by atoms with Gasteiger partial charge in [-0.2, -0.15) is 0 Å². The van der Waals surface area contributed by atoms with Gasteiger partial charge in [0.05, 0.1) is 5.60 Å². The lowest BCUT2D eigenvalue weighted by Crippen LogP contribution is -2.43. The van der Waals surface area contributed by atoms with Crippen LogP contribution in [-0.2, 0) is 0 Å². The smallest absolute Gasteiger partial charge is 0.0655 e.